The van der Waals surface area contributed by atoms with Crippen molar-refractivity contribution in [1.82, 2.24) is 14.7 Å². The minimum Gasteiger partial charge on any atom is -0.299 e. The number of aliphatic imine (C=N–C) groups is 1. The first-order valence-electron chi connectivity index (χ1n) is 7.17. The summed E-state index contributed by atoms with van der Waals surface area (Å²) in [6, 6.07) is 5.23. The lowest BCUT2D eigenvalue weighted by Crippen LogP contribution is -2.13. The molecule has 6 nitrogen and oxygen atoms in total. The maximum absolute atomic E-state index is 13.4. The maximum atomic E-state index is 13.4. The van der Waals surface area contributed by atoms with Crippen molar-refractivity contribution in [1.29, 1.82) is 0 Å². The van der Waals surface area contributed by atoms with Crippen LogP contribution < -0.4 is 0 Å². The number of aromatic nitrogens is 2. The SMILES string of the molecule is CS(=O)(=O)c1ccc(-n2cc(C(F)(F)F)nc2C2=CN(F)CN=C2)cc1. The van der Waals surface area contributed by atoms with Gasteiger partial charge in [0.25, 0.3) is 0 Å². The van der Waals surface area contributed by atoms with Crippen molar-refractivity contribution in [2.75, 3.05) is 12.9 Å². The molecule has 0 aliphatic carbocycles. The van der Waals surface area contributed by atoms with Crippen LogP contribution in [-0.4, -0.2) is 42.2 Å². The largest absolute Gasteiger partial charge is 0.434 e. The molecule has 3 rings (SSSR count). The van der Waals surface area contributed by atoms with E-state index >= 15 is 0 Å². The van der Waals surface area contributed by atoms with E-state index in [2.05, 4.69) is 9.98 Å². The molecule has 0 fully saturated rings. The highest BCUT2D eigenvalue weighted by Crippen LogP contribution is 2.31. The Balaban J connectivity index is 2.14. The molecule has 0 unspecified atom stereocenters. The summed E-state index contributed by atoms with van der Waals surface area (Å²) in [5.74, 6) is -0.171. The summed E-state index contributed by atoms with van der Waals surface area (Å²) in [6.45, 7) is -0.264. The average Bonchev–Trinajstić information content (AvgIpc) is 3.00. The second-order valence-electron chi connectivity index (χ2n) is 5.52. The molecular formula is C15H12F4N4O2S. The van der Waals surface area contributed by atoms with Gasteiger partial charge < -0.3 is 0 Å². The zero-order valence-corrected chi connectivity index (χ0v) is 14.1. The Kier molecular flexibility index (Phi) is 4.34. The molecule has 1 aromatic carbocycles. The third kappa shape index (κ3) is 3.62. The van der Waals surface area contributed by atoms with E-state index in [9.17, 15) is 26.1 Å². The van der Waals surface area contributed by atoms with Gasteiger partial charge in [0.1, 0.15) is 12.5 Å². The molecule has 0 N–H and O–H groups in total. The van der Waals surface area contributed by atoms with Gasteiger partial charge in [0, 0.05) is 30.6 Å². The summed E-state index contributed by atoms with van der Waals surface area (Å²) in [5.41, 5.74) is -0.882. The summed E-state index contributed by atoms with van der Waals surface area (Å²) in [7, 11) is -3.45. The van der Waals surface area contributed by atoms with E-state index in [0.717, 1.165) is 23.2 Å². The molecule has 0 saturated heterocycles. The molecule has 1 aromatic heterocycles. The number of alkyl halides is 3. The highest BCUT2D eigenvalue weighted by molar-refractivity contribution is 7.90. The minimum atomic E-state index is -4.70. The Hall–Kier alpha value is -2.69. The van der Waals surface area contributed by atoms with Crippen molar-refractivity contribution < 1.29 is 26.1 Å². The number of sulfone groups is 1. The lowest BCUT2D eigenvalue weighted by molar-refractivity contribution is -0.140. The molecule has 2 aromatic rings. The number of nitrogens with zero attached hydrogens (tertiary/aromatic N) is 4. The summed E-state index contributed by atoms with van der Waals surface area (Å²) in [5, 5.41) is 0.217. The summed E-state index contributed by atoms with van der Waals surface area (Å²) < 4.78 is 76.8. The molecule has 0 amide bonds. The predicted molar refractivity (Wildman–Crippen MR) is 86.0 cm³/mol. The standard InChI is InChI=1S/C15H12F4N4O2S/c1-26(24,25)12-4-2-11(3-5-12)23-8-13(15(16,17)18)21-14(23)10-6-20-9-22(19)7-10/h2-8H,9H2,1H3. The number of hydrogen-bond acceptors (Lipinski definition) is 5. The fourth-order valence-corrected chi connectivity index (χ4v) is 2.96. The number of benzene rings is 1. The van der Waals surface area contributed by atoms with Gasteiger partial charge in [-0.05, 0) is 24.3 Å². The van der Waals surface area contributed by atoms with Crippen molar-refractivity contribution in [3.05, 3.63) is 48.2 Å². The van der Waals surface area contributed by atoms with E-state index in [0.29, 0.717) is 0 Å². The second-order valence-corrected chi connectivity index (χ2v) is 7.54. The van der Waals surface area contributed by atoms with E-state index in [1.54, 1.807) is 0 Å². The van der Waals surface area contributed by atoms with E-state index < -0.39 is 21.7 Å². The molecule has 0 saturated carbocycles. The molecule has 138 valence electrons. The molecule has 1 aliphatic heterocycles. The van der Waals surface area contributed by atoms with E-state index in [1.807, 2.05) is 0 Å². The highest BCUT2D eigenvalue weighted by Gasteiger charge is 2.35. The highest BCUT2D eigenvalue weighted by atomic mass is 32.2. The molecule has 11 heteroatoms. The first-order valence-corrected chi connectivity index (χ1v) is 9.06. The number of halogens is 4. The molecule has 0 atom stereocenters. The van der Waals surface area contributed by atoms with Crippen molar-refractivity contribution >= 4 is 21.6 Å². The zero-order chi connectivity index (χ0) is 19.1. The van der Waals surface area contributed by atoms with Gasteiger partial charge in [-0.2, -0.15) is 18.3 Å². The Morgan fingerprint density at radius 1 is 1.15 bits per heavy atom. The number of hydrogen-bond donors (Lipinski definition) is 0. The van der Waals surface area contributed by atoms with Gasteiger partial charge in [0.2, 0.25) is 0 Å². The fourth-order valence-electron chi connectivity index (χ4n) is 2.33. The second kappa shape index (κ2) is 6.24. The van der Waals surface area contributed by atoms with Crippen molar-refractivity contribution in [2.24, 2.45) is 4.99 Å². The number of allylic oxidation sites excluding steroid dienone is 1. The molecular weight excluding hydrogens is 376 g/mol. The van der Waals surface area contributed by atoms with Crippen LogP contribution in [0.1, 0.15) is 11.5 Å². The van der Waals surface area contributed by atoms with Gasteiger partial charge in [0.05, 0.1) is 10.5 Å². The van der Waals surface area contributed by atoms with E-state index in [1.165, 1.54) is 30.5 Å². The average molecular weight is 388 g/mol. The Labute approximate surface area is 145 Å². The van der Waals surface area contributed by atoms with Crippen LogP contribution in [0.2, 0.25) is 0 Å². The van der Waals surface area contributed by atoms with Crippen molar-refractivity contribution in [2.45, 2.75) is 11.1 Å². The molecule has 0 radical (unpaired) electrons. The van der Waals surface area contributed by atoms with Crippen LogP contribution in [0.4, 0.5) is 17.7 Å². The molecule has 1 aliphatic rings. The fraction of sp³-hybridized carbons (Fsp3) is 0.200. The number of imidazole rings is 1. The van der Waals surface area contributed by atoms with Crippen LogP contribution in [-0.2, 0) is 16.0 Å². The quantitative estimate of drug-likeness (QED) is 0.599. The summed E-state index contributed by atoms with van der Waals surface area (Å²) in [4.78, 5) is 7.29. The van der Waals surface area contributed by atoms with Gasteiger partial charge >= 0.3 is 6.18 Å². The Bertz CT molecular complexity index is 992. The Morgan fingerprint density at radius 3 is 2.35 bits per heavy atom. The third-order valence-electron chi connectivity index (χ3n) is 3.52. The first-order chi connectivity index (χ1) is 12.1. The molecule has 26 heavy (non-hydrogen) atoms. The summed E-state index contributed by atoms with van der Waals surface area (Å²) in [6.07, 6.45) is -0.715. The van der Waals surface area contributed by atoms with Crippen LogP contribution >= 0.6 is 0 Å². The number of rotatable bonds is 3. The Morgan fingerprint density at radius 2 is 1.81 bits per heavy atom. The van der Waals surface area contributed by atoms with Gasteiger partial charge in [-0.15, -0.1) is 0 Å². The van der Waals surface area contributed by atoms with Gasteiger partial charge in [-0.3, -0.25) is 9.56 Å². The van der Waals surface area contributed by atoms with Crippen molar-refractivity contribution in [3.8, 4) is 5.69 Å². The van der Waals surface area contributed by atoms with Crippen LogP contribution in [0.25, 0.3) is 11.3 Å². The lowest BCUT2D eigenvalue weighted by atomic mass is 10.2. The molecule has 2 heterocycles. The monoisotopic (exact) mass is 388 g/mol. The van der Waals surface area contributed by atoms with Gasteiger partial charge in [0.15, 0.2) is 15.5 Å². The normalized spacial score (nSPS) is 15.3. The summed E-state index contributed by atoms with van der Waals surface area (Å²) >= 11 is 0. The lowest BCUT2D eigenvalue weighted by Gasteiger charge is -2.14. The van der Waals surface area contributed by atoms with Crippen LogP contribution in [0.15, 0.2) is 46.6 Å². The van der Waals surface area contributed by atoms with Gasteiger partial charge in [-0.25, -0.2) is 13.4 Å². The predicted octanol–water partition coefficient (Wildman–Crippen LogP) is 2.86. The van der Waals surface area contributed by atoms with E-state index in [-0.39, 0.29) is 33.8 Å². The zero-order valence-electron chi connectivity index (χ0n) is 13.3. The minimum absolute atomic E-state index is 0.0207. The molecule has 0 spiro atoms. The van der Waals surface area contributed by atoms with E-state index in [4.69, 9.17) is 0 Å². The maximum Gasteiger partial charge on any atom is 0.434 e. The smallest absolute Gasteiger partial charge is 0.299 e. The van der Waals surface area contributed by atoms with Gasteiger partial charge in [-0.1, -0.05) is 4.48 Å². The van der Waals surface area contributed by atoms with Crippen LogP contribution in [0.5, 0.6) is 0 Å². The molecule has 0 bridgehead atoms. The first kappa shape index (κ1) is 18.1. The third-order valence-corrected chi connectivity index (χ3v) is 4.65. The van der Waals surface area contributed by atoms with Crippen LogP contribution in [0, 0.1) is 0 Å². The van der Waals surface area contributed by atoms with Crippen molar-refractivity contribution in [3.63, 3.8) is 0 Å². The van der Waals surface area contributed by atoms with Crippen LogP contribution in [0.3, 0.4) is 0 Å². The topological polar surface area (TPSA) is 67.6 Å².